The normalized spacial score (nSPS) is 36.1. The molecule has 3 saturated heterocycles. The number of aliphatic hydroxyl groups excluding tert-OH is 4. The van der Waals surface area contributed by atoms with Crippen LogP contribution in [0.5, 0.6) is 0 Å². The van der Waals surface area contributed by atoms with Gasteiger partial charge in [-0.15, -0.1) is 0 Å². The molecule has 22 nitrogen and oxygen atoms in total. The summed E-state index contributed by atoms with van der Waals surface area (Å²) < 4.78 is 24.0. The molecule has 16 atom stereocenters. The molecule has 85 heavy (non-hydrogen) atoms. The summed E-state index contributed by atoms with van der Waals surface area (Å²) in [6, 6.07) is -2.04. The summed E-state index contributed by atoms with van der Waals surface area (Å²) in [4.78, 5) is 79.6. The maximum atomic E-state index is 14.6. The number of ketones is 1. The predicted octanol–water partition coefficient (Wildman–Crippen LogP) is 3.94. The van der Waals surface area contributed by atoms with Crippen LogP contribution in [0.3, 0.4) is 0 Å². The van der Waals surface area contributed by atoms with Crippen molar-refractivity contribution in [1.82, 2.24) is 24.7 Å². The number of aromatic nitrogens is 2. The Morgan fingerprint density at radius 2 is 1.61 bits per heavy atom. The first kappa shape index (κ1) is 67.5. The van der Waals surface area contributed by atoms with Crippen LogP contribution >= 0.6 is 0 Å². The van der Waals surface area contributed by atoms with E-state index < -0.39 is 109 Å². The molecule has 6 aliphatic rings. The Labute approximate surface area is 502 Å². The third kappa shape index (κ3) is 17.6. The fourth-order valence-corrected chi connectivity index (χ4v) is 12.9. The maximum Gasteiger partial charge on any atom is 0.329 e. The first-order valence-corrected chi connectivity index (χ1v) is 31.0. The van der Waals surface area contributed by atoms with Crippen molar-refractivity contribution in [2.24, 2.45) is 40.5 Å². The number of piperidine rings is 1. The number of amides is 2. The Hall–Kier alpha value is -5.01. The molecule has 2 bridgehead atoms. The van der Waals surface area contributed by atoms with Crippen molar-refractivity contribution < 1.29 is 68.5 Å². The number of nitrogens with zero attached hydrogens (tertiary/aromatic N) is 7. The van der Waals surface area contributed by atoms with Gasteiger partial charge in [-0.2, -0.15) is 0 Å². The highest BCUT2D eigenvalue weighted by atomic mass is 16.6. The van der Waals surface area contributed by atoms with Gasteiger partial charge < -0.3 is 74.7 Å². The van der Waals surface area contributed by atoms with Gasteiger partial charge in [0, 0.05) is 115 Å². The summed E-state index contributed by atoms with van der Waals surface area (Å²) in [7, 11) is 5.21. The van der Waals surface area contributed by atoms with Crippen LogP contribution in [0, 0.1) is 29.6 Å². The van der Waals surface area contributed by atoms with Crippen LogP contribution in [0.25, 0.3) is 0 Å². The monoisotopic (exact) mass is 1190 g/mol. The number of piperazine rings is 1. The molecular weight excluding hydrogens is 1090 g/mol. The standard InChI is InChI=1S/C63H98N8O14/c1-38-15-11-10-12-16-39(2)52(81-8)33-46-20-18-43(6)63(80,85-46)59(77)60(78)71-23-14-13-17-49(71)61(79)84-53(47(64)31-44-19-21-50(72)54(32-44)82-9)34-51(73)40(3)30-42(5)57(75)58(76)56(41(4)29-38)67-83-37-55(74)70-24-22-48-45(36-70)35-65-62(66-48)69-27-25-68(7)26-28-69/h10-12,15-16,30,35,38,40-41,43-44,46-47,49-54,57-58,72-73,75-76,80H,13-14,17-29,31-34,36-37,64H2,1-9H3/b12-10?,15-11+,39-16?,42-30+,67-56+/t38-,40-,41-,43-,44+,46+,47-,49+,50-,51-,52+,53+,54-,57-,58+,63-/m1/s1. The van der Waals surface area contributed by atoms with Crippen LogP contribution in [-0.4, -0.2) is 213 Å². The molecule has 5 aliphatic heterocycles. The number of anilines is 1. The number of carbonyl (C=O) groups excluding carboxylic acids is 4. The van der Waals surface area contributed by atoms with Crippen LogP contribution in [0.2, 0.25) is 0 Å². The fourth-order valence-electron chi connectivity index (χ4n) is 12.9. The predicted molar refractivity (Wildman–Crippen MR) is 319 cm³/mol. The lowest BCUT2D eigenvalue weighted by Crippen LogP contribution is -2.61. The summed E-state index contributed by atoms with van der Waals surface area (Å²) in [6.07, 6.45) is 10.5. The van der Waals surface area contributed by atoms with E-state index in [0.717, 1.165) is 47.9 Å². The van der Waals surface area contributed by atoms with Crippen molar-refractivity contribution in [3.8, 4) is 0 Å². The molecule has 22 heteroatoms. The molecule has 1 aromatic heterocycles. The number of nitrogens with two attached hydrogens (primary N) is 1. The number of cyclic esters (lactones) is 1. The van der Waals surface area contributed by atoms with Crippen LogP contribution < -0.4 is 10.6 Å². The topological polar surface area (TPSA) is 293 Å². The van der Waals surface area contributed by atoms with Gasteiger partial charge in [0.05, 0.1) is 41.9 Å². The molecule has 0 unspecified atom stereocenters. The number of allylic oxidation sites excluding steroid dienone is 5. The summed E-state index contributed by atoms with van der Waals surface area (Å²) in [6.45, 7) is 14.7. The molecule has 1 aliphatic carbocycles. The van der Waals surface area contributed by atoms with E-state index in [4.69, 9.17) is 34.5 Å². The average molecular weight is 1190 g/mol. The van der Waals surface area contributed by atoms with E-state index in [0.29, 0.717) is 88.8 Å². The highest BCUT2D eigenvalue weighted by Gasteiger charge is 2.53. The minimum atomic E-state index is -2.47. The largest absolute Gasteiger partial charge is 0.459 e. The molecule has 6 heterocycles. The van der Waals surface area contributed by atoms with Crippen LogP contribution in [0.4, 0.5) is 5.95 Å². The number of hydrogen-bond donors (Lipinski definition) is 6. The number of carbonyl (C=O) groups is 4. The number of hydrogen-bond acceptors (Lipinski definition) is 20. The molecule has 1 aromatic rings. The Morgan fingerprint density at radius 3 is 2.34 bits per heavy atom. The summed E-state index contributed by atoms with van der Waals surface area (Å²) in [5.74, 6) is -7.13. The number of Topliss-reactive ketones (excluding diaryl/α,β-unsaturated/α-hetero) is 1. The molecule has 0 aromatic carbocycles. The van der Waals surface area contributed by atoms with Gasteiger partial charge in [-0.05, 0) is 108 Å². The first-order chi connectivity index (χ1) is 40.5. The number of likely N-dealkylation sites (N-methyl/N-ethyl adjacent to an activating group) is 1. The van der Waals surface area contributed by atoms with Crippen molar-refractivity contribution in [2.75, 3.05) is 72.0 Å². The number of oxime groups is 1. The van der Waals surface area contributed by atoms with Crippen molar-refractivity contribution in [2.45, 2.75) is 198 Å². The van der Waals surface area contributed by atoms with Crippen molar-refractivity contribution >= 4 is 35.2 Å². The molecular formula is C63H98N8O14. The minimum Gasteiger partial charge on any atom is -0.459 e. The molecule has 1 saturated carbocycles. The highest BCUT2D eigenvalue weighted by molar-refractivity contribution is 6.39. The highest BCUT2D eigenvalue weighted by Crippen LogP contribution is 2.38. The van der Waals surface area contributed by atoms with Gasteiger partial charge in [0.15, 0.2) is 6.61 Å². The Bertz CT molecular complexity index is 2570. The lowest BCUT2D eigenvalue weighted by Gasteiger charge is -2.42. The third-order valence-corrected chi connectivity index (χ3v) is 18.6. The Kier molecular flexibility index (Phi) is 24.8. The smallest absolute Gasteiger partial charge is 0.329 e. The lowest BCUT2D eigenvalue weighted by atomic mass is 9.80. The van der Waals surface area contributed by atoms with Crippen LogP contribution in [0.15, 0.2) is 59.0 Å². The van der Waals surface area contributed by atoms with Crippen molar-refractivity contribution in [3.63, 3.8) is 0 Å². The first-order valence-electron chi connectivity index (χ1n) is 31.0. The second kappa shape index (κ2) is 31.3. The summed E-state index contributed by atoms with van der Waals surface area (Å²) in [5.41, 5.74) is 10.0. The third-order valence-electron chi connectivity index (χ3n) is 18.6. The molecule has 2 amide bonds. The zero-order valence-electron chi connectivity index (χ0n) is 51.7. The van der Waals surface area contributed by atoms with E-state index in [1.54, 1.807) is 52.2 Å². The lowest BCUT2D eigenvalue weighted by molar-refractivity contribution is -0.265. The van der Waals surface area contributed by atoms with Crippen LogP contribution in [0.1, 0.15) is 130 Å². The maximum absolute atomic E-state index is 14.6. The molecule has 7 rings (SSSR count). The van der Waals surface area contributed by atoms with E-state index in [1.807, 2.05) is 51.2 Å². The van der Waals surface area contributed by atoms with Gasteiger partial charge in [0.25, 0.3) is 17.6 Å². The average Bonchev–Trinajstić information content (AvgIpc) is 1.84. The van der Waals surface area contributed by atoms with Crippen molar-refractivity contribution in [3.05, 3.63) is 65.1 Å². The Balaban J connectivity index is 1.14. The number of aliphatic hydroxyl groups is 5. The molecule has 0 spiro atoms. The van der Waals surface area contributed by atoms with Gasteiger partial charge >= 0.3 is 5.97 Å². The second-order valence-electron chi connectivity index (χ2n) is 25.2. The van der Waals surface area contributed by atoms with Gasteiger partial charge in [-0.1, -0.05) is 69.3 Å². The van der Waals surface area contributed by atoms with E-state index in [2.05, 4.69) is 27.0 Å². The van der Waals surface area contributed by atoms with E-state index in [-0.39, 0.29) is 49.3 Å². The number of esters is 1. The molecule has 7 N–H and O–H groups in total. The van der Waals surface area contributed by atoms with Gasteiger partial charge in [0.1, 0.15) is 24.4 Å². The SMILES string of the molecule is CO[C@H]1C[C@@H]2CC[C@@H](C)[C@@](O)(O2)C(=O)C(=O)N2CCCC[C@H]2C(=O)O[C@H]([C@H](N)C[C@@H]2CC[C@@H](O)[C@H](OC)C2)C[C@@H](O)[C@H](C)/C=C(\C)[C@@H](O)[C@@H](O)/C(=N/OCC(=O)N2CCc3nc(N4CCN(C)CC4)ncc3C2)[C@H](C)C[C@H](C)/C=C/C=CC=C1C. The zero-order valence-corrected chi connectivity index (χ0v) is 51.7. The van der Waals surface area contributed by atoms with E-state index in [9.17, 15) is 44.7 Å². The summed E-state index contributed by atoms with van der Waals surface area (Å²) in [5, 5.41) is 63.1. The number of methoxy groups -OCH3 is 2. The van der Waals surface area contributed by atoms with Crippen LogP contribution in [-0.2, 0) is 55.9 Å². The number of rotatable bonds is 9. The zero-order chi connectivity index (χ0) is 61.7. The number of ether oxygens (including phenoxy) is 4. The fraction of sp³-hybridized carbons (Fsp3) is 0.730. The molecule has 474 valence electrons. The molecule has 0 radical (unpaired) electrons. The van der Waals surface area contributed by atoms with E-state index in [1.165, 1.54) is 0 Å². The van der Waals surface area contributed by atoms with E-state index >= 15 is 0 Å². The van der Waals surface area contributed by atoms with Gasteiger partial charge in [-0.3, -0.25) is 14.4 Å². The summed E-state index contributed by atoms with van der Waals surface area (Å²) >= 11 is 0. The Morgan fingerprint density at radius 1 is 0.859 bits per heavy atom. The minimum absolute atomic E-state index is 0.0220. The molecule has 4 fully saturated rings. The number of fused-ring (bicyclic) bond motifs is 4. The second-order valence-corrected chi connectivity index (χ2v) is 25.2. The van der Waals surface area contributed by atoms with Gasteiger partial charge in [0.2, 0.25) is 11.7 Å². The van der Waals surface area contributed by atoms with Gasteiger partial charge in [-0.25, -0.2) is 14.8 Å². The quantitative estimate of drug-likeness (QED) is 0.0883. The van der Waals surface area contributed by atoms with Crippen molar-refractivity contribution in [1.29, 1.82) is 0 Å².